The van der Waals surface area contributed by atoms with Crippen molar-refractivity contribution in [3.05, 3.63) is 113 Å². The van der Waals surface area contributed by atoms with Crippen LogP contribution in [-0.2, 0) is 12.6 Å². The van der Waals surface area contributed by atoms with E-state index in [0.717, 1.165) is 24.3 Å². The monoisotopic (exact) mass is 1020 g/mol. The summed E-state index contributed by atoms with van der Waals surface area (Å²) in [6, 6.07) is 15.1. The Hall–Kier alpha value is -4.73. The summed E-state index contributed by atoms with van der Waals surface area (Å²) in [4.78, 5) is 26.7. The Morgan fingerprint density at radius 2 is 0.767 bits per heavy atom. The Kier molecular flexibility index (Phi) is 10.4. The van der Waals surface area contributed by atoms with Gasteiger partial charge in [-0.15, -0.1) is 0 Å². The van der Waals surface area contributed by atoms with E-state index in [9.17, 15) is 83.9 Å². The zero-order valence-electron chi connectivity index (χ0n) is 28.2. The normalized spacial score (nSPS) is 14.7. The van der Waals surface area contributed by atoms with E-state index < -0.39 is 106 Å². The molecule has 4 aromatic carbocycles. The molecule has 6 aromatic rings. The van der Waals surface area contributed by atoms with Gasteiger partial charge in [-0.1, -0.05) is 0 Å². The van der Waals surface area contributed by atoms with Gasteiger partial charge in [-0.05, 0) is 0 Å². The number of hydrogen-bond donors (Lipinski definition) is 0. The third kappa shape index (κ3) is 6.28. The second-order valence-corrected chi connectivity index (χ2v) is 18.9. The molecular formula is C34H14F17IO7S. The van der Waals surface area contributed by atoms with E-state index in [-0.39, 0.29) is 33.1 Å². The summed E-state index contributed by atoms with van der Waals surface area (Å²) in [6.45, 7) is 0. The number of para-hydroxylation sites is 2. The van der Waals surface area contributed by atoms with Gasteiger partial charge in [0.15, 0.2) is 0 Å². The van der Waals surface area contributed by atoms with Crippen LogP contribution in [0.3, 0.4) is 0 Å². The van der Waals surface area contributed by atoms with Crippen molar-refractivity contribution in [2.75, 3.05) is 0 Å². The molecular weight excluding hydrogens is 1000 g/mol. The second kappa shape index (κ2) is 13.9. The number of benzene rings is 4. The van der Waals surface area contributed by atoms with Gasteiger partial charge >= 0.3 is 328 Å². The fourth-order valence-corrected chi connectivity index (χ4v) is 12.5. The number of alkyl halides is 17. The molecule has 0 unspecified atom stereocenters. The quantitative estimate of drug-likeness (QED) is 0.0723. The van der Waals surface area contributed by atoms with Crippen LogP contribution in [0.4, 0.5) is 74.6 Å². The summed E-state index contributed by atoms with van der Waals surface area (Å²) >= 11 is -5.27. The molecule has 0 bridgehead atoms. The Morgan fingerprint density at radius 1 is 0.433 bits per heavy atom. The Labute approximate surface area is 327 Å². The molecule has 0 saturated heterocycles. The molecule has 7 nitrogen and oxygen atoms in total. The van der Waals surface area contributed by atoms with Crippen LogP contribution in [0.1, 0.15) is 0 Å². The van der Waals surface area contributed by atoms with Crippen LogP contribution in [0, 0.1) is 7.14 Å². The van der Waals surface area contributed by atoms with Crippen molar-refractivity contribution >= 4 is 74.2 Å². The van der Waals surface area contributed by atoms with Gasteiger partial charge in [-0.25, -0.2) is 0 Å². The SMILES string of the molecule is O=c1c2ccccc2oc2ccc(I(OS(=O)(=O)C(F)(F)C(F)(F)C(F)(F)C(F)(F)C(F)(F)C(F)(F)C(F)(F)C(F)(F)F)c3ccc4oc5ccccc5c(=O)c4c3)cc12. The van der Waals surface area contributed by atoms with Crippen molar-refractivity contribution < 1.29 is 94.4 Å². The van der Waals surface area contributed by atoms with Gasteiger partial charge in [0.2, 0.25) is 0 Å². The molecule has 26 heteroatoms. The summed E-state index contributed by atoms with van der Waals surface area (Å²) in [7, 11) is -8.08. The Bertz CT molecular complexity index is 2800. The molecule has 324 valence electrons. The standard InChI is InChI=1S/C34H14F17IO7S/c35-27(36,29(39,40)31(43,44)33(47,48)49)28(37,38)30(41,42)32(45,46)34(50,51)60(55,56)59-52(15-9-11-23-19(13-15)25(53)17-5-1-3-7-21(17)57-23)16-10-12-24-20(14-16)26(54)18-6-2-4-8-22(18)58-24/h1-14H. The number of halogens is 18. The summed E-state index contributed by atoms with van der Waals surface area (Å²) < 4.78 is 278. The first-order chi connectivity index (χ1) is 27.3. The fourth-order valence-electron chi connectivity index (χ4n) is 5.39. The van der Waals surface area contributed by atoms with Crippen molar-refractivity contribution in [3.63, 3.8) is 0 Å². The van der Waals surface area contributed by atoms with Gasteiger partial charge in [-0.2, -0.15) is 0 Å². The molecule has 0 aliphatic rings. The van der Waals surface area contributed by atoms with Crippen LogP contribution < -0.4 is 10.9 Å². The number of hydrogen-bond acceptors (Lipinski definition) is 7. The first-order valence-corrected chi connectivity index (χ1v) is 20.0. The maximum absolute atomic E-state index is 15.3. The molecule has 0 fully saturated rings. The van der Waals surface area contributed by atoms with Crippen molar-refractivity contribution in [2.45, 2.75) is 47.0 Å². The van der Waals surface area contributed by atoms with Crippen molar-refractivity contribution in [3.8, 4) is 0 Å². The van der Waals surface area contributed by atoms with Crippen molar-refractivity contribution in [2.24, 2.45) is 0 Å². The molecule has 0 atom stereocenters. The molecule has 60 heavy (non-hydrogen) atoms. The van der Waals surface area contributed by atoms with Gasteiger partial charge in [0.1, 0.15) is 0 Å². The predicted octanol–water partition coefficient (Wildman–Crippen LogP) is 11.0. The van der Waals surface area contributed by atoms with Crippen LogP contribution in [0.2, 0.25) is 0 Å². The summed E-state index contributed by atoms with van der Waals surface area (Å²) in [6.07, 6.45) is -7.98. The van der Waals surface area contributed by atoms with Gasteiger partial charge in [0.25, 0.3) is 0 Å². The Morgan fingerprint density at radius 3 is 1.15 bits per heavy atom. The van der Waals surface area contributed by atoms with Crippen LogP contribution >= 0.6 is 20.2 Å². The first-order valence-electron chi connectivity index (χ1n) is 15.6. The summed E-state index contributed by atoms with van der Waals surface area (Å²) in [5.41, 5.74) is -2.58. The van der Waals surface area contributed by atoms with Crippen LogP contribution in [0.15, 0.2) is 103 Å². The van der Waals surface area contributed by atoms with Gasteiger partial charge in [-0.3, -0.25) is 0 Å². The van der Waals surface area contributed by atoms with E-state index in [2.05, 4.69) is 2.51 Å². The zero-order chi connectivity index (χ0) is 45.0. The number of fused-ring (bicyclic) bond motifs is 4. The third-order valence-electron chi connectivity index (χ3n) is 8.63. The zero-order valence-corrected chi connectivity index (χ0v) is 31.1. The first kappa shape index (κ1) is 44.8. The van der Waals surface area contributed by atoms with E-state index in [0.29, 0.717) is 12.1 Å². The molecule has 0 radical (unpaired) electrons. The second-order valence-electron chi connectivity index (χ2n) is 12.4. The van der Waals surface area contributed by atoms with E-state index in [4.69, 9.17) is 8.83 Å². The summed E-state index contributed by atoms with van der Waals surface area (Å²) in [5.74, 6) is -52.9. The molecule has 0 N–H and O–H groups in total. The van der Waals surface area contributed by atoms with Gasteiger partial charge < -0.3 is 0 Å². The molecule has 0 spiro atoms. The predicted molar refractivity (Wildman–Crippen MR) is 182 cm³/mol. The van der Waals surface area contributed by atoms with Crippen molar-refractivity contribution in [1.82, 2.24) is 0 Å². The molecule has 2 heterocycles. The maximum atomic E-state index is 15.3. The topological polar surface area (TPSA) is 104 Å². The minimum absolute atomic E-state index is 0.0458. The molecule has 6 rings (SSSR count). The van der Waals surface area contributed by atoms with E-state index in [1.165, 1.54) is 48.5 Å². The van der Waals surface area contributed by atoms with E-state index in [1.54, 1.807) is 0 Å². The van der Waals surface area contributed by atoms with Crippen molar-refractivity contribution in [1.29, 1.82) is 0 Å². The van der Waals surface area contributed by atoms with Crippen LogP contribution in [-0.4, -0.2) is 55.4 Å². The van der Waals surface area contributed by atoms with Gasteiger partial charge in [0.05, 0.1) is 0 Å². The molecule has 2 aromatic heterocycles. The third-order valence-corrected chi connectivity index (χ3v) is 15.9. The van der Waals surface area contributed by atoms with Crippen LogP contribution in [0.5, 0.6) is 0 Å². The number of rotatable bonds is 11. The van der Waals surface area contributed by atoms with E-state index >= 15 is 8.78 Å². The average molecular weight is 1020 g/mol. The average Bonchev–Trinajstić information content (AvgIpc) is 3.16. The molecule has 0 aliphatic heterocycles. The molecule has 0 aliphatic carbocycles. The molecule has 0 amide bonds. The minimum atomic E-state index is -9.05. The fraction of sp³-hybridized carbons (Fsp3) is 0.235. The van der Waals surface area contributed by atoms with Crippen LogP contribution in [0.25, 0.3) is 43.9 Å². The molecule has 0 saturated carbocycles. The summed E-state index contributed by atoms with van der Waals surface area (Å²) in [5, 5.41) is -9.38. The van der Waals surface area contributed by atoms with E-state index in [1.807, 2.05) is 0 Å². The Balaban J connectivity index is 1.52. The van der Waals surface area contributed by atoms with Gasteiger partial charge in [0, 0.05) is 0 Å².